The molecule has 0 fully saturated rings. The average Bonchev–Trinajstić information content (AvgIpc) is 3.35. The number of benzene rings is 1. The zero-order valence-corrected chi connectivity index (χ0v) is 16.2. The fourth-order valence-electron chi connectivity index (χ4n) is 2.40. The van der Waals surface area contributed by atoms with Crippen molar-refractivity contribution < 1.29 is 4.42 Å². The van der Waals surface area contributed by atoms with E-state index in [2.05, 4.69) is 50.0 Å². The quantitative estimate of drug-likeness (QED) is 0.255. The van der Waals surface area contributed by atoms with Crippen LogP contribution in [0.3, 0.4) is 0 Å². The Morgan fingerprint density at radius 3 is 2.74 bits per heavy atom. The van der Waals surface area contributed by atoms with Crippen molar-refractivity contribution in [2.75, 3.05) is 18.8 Å². The molecule has 0 aliphatic carbocycles. The van der Waals surface area contributed by atoms with Crippen LogP contribution >= 0.6 is 11.8 Å². The third-order valence-electron chi connectivity index (χ3n) is 3.83. The molecule has 0 radical (unpaired) electrons. The lowest BCUT2D eigenvalue weighted by molar-refractivity contribution is 0.507. The van der Waals surface area contributed by atoms with Crippen LogP contribution in [-0.2, 0) is 20.0 Å². The molecule has 2 N–H and O–H groups in total. The van der Waals surface area contributed by atoms with Gasteiger partial charge in [0.05, 0.1) is 6.26 Å². The number of aryl methyl sites for hydroxylation is 1. The number of hydrogen-bond acceptors (Lipinski definition) is 5. The molecule has 3 aromatic rings. The molecule has 3 rings (SSSR count). The molecular formula is C19H24N6OS. The Hall–Kier alpha value is -2.74. The van der Waals surface area contributed by atoms with Crippen molar-refractivity contribution in [3.63, 3.8) is 0 Å². The van der Waals surface area contributed by atoms with E-state index in [0.717, 1.165) is 42.8 Å². The first kappa shape index (κ1) is 19.0. The third kappa shape index (κ3) is 6.49. The normalized spacial score (nSPS) is 11.5. The molecule has 0 amide bonds. The molecule has 27 heavy (non-hydrogen) atoms. The van der Waals surface area contributed by atoms with Crippen LogP contribution in [0, 0.1) is 0 Å². The Morgan fingerprint density at radius 1 is 1.15 bits per heavy atom. The Bertz CT molecular complexity index is 816. The minimum Gasteiger partial charge on any atom is -0.469 e. The molecule has 0 spiro atoms. The predicted molar refractivity (Wildman–Crippen MR) is 108 cm³/mol. The van der Waals surface area contributed by atoms with Gasteiger partial charge in [-0.25, -0.2) is 9.98 Å². The van der Waals surface area contributed by atoms with E-state index < -0.39 is 0 Å². The topological polar surface area (TPSA) is 80.3 Å². The summed E-state index contributed by atoms with van der Waals surface area (Å²) in [4.78, 5) is 10.1. The van der Waals surface area contributed by atoms with E-state index in [1.54, 1.807) is 17.3 Å². The number of guanidine groups is 1. The summed E-state index contributed by atoms with van der Waals surface area (Å²) in [5.74, 6) is 3.49. The molecule has 7 nitrogen and oxygen atoms in total. The molecule has 0 aliphatic heterocycles. The van der Waals surface area contributed by atoms with Gasteiger partial charge in [0.15, 0.2) is 5.96 Å². The first-order chi connectivity index (χ1) is 13.3. The molecule has 0 unspecified atom stereocenters. The van der Waals surface area contributed by atoms with Crippen LogP contribution in [0.25, 0.3) is 0 Å². The summed E-state index contributed by atoms with van der Waals surface area (Å²) in [6, 6.07) is 14.3. The lowest BCUT2D eigenvalue weighted by atomic mass is 10.3. The predicted octanol–water partition coefficient (Wildman–Crippen LogP) is 2.48. The molecule has 8 heteroatoms. The molecule has 0 saturated carbocycles. The van der Waals surface area contributed by atoms with Gasteiger partial charge in [-0.1, -0.05) is 18.2 Å². The number of nitrogens with one attached hydrogen (secondary N) is 2. The Balaban J connectivity index is 1.49. The first-order valence-corrected chi connectivity index (χ1v) is 9.85. The number of nitrogens with zero attached hydrogens (tertiary/aromatic N) is 4. The van der Waals surface area contributed by atoms with E-state index >= 15 is 0 Å². The molecular weight excluding hydrogens is 360 g/mol. The largest absolute Gasteiger partial charge is 0.469 e. The average molecular weight is 385 g/mol. The SMILES string of the molecule is Cn1ncnc1CN=C(NCCSc1ccccc1)NCCc1ccco1. The monoisotopic (exact) mass is 384 g/mol. The van der Waals surface area contributed by atoms with Crippen LogP contribution in [0.2, 0.25) is 0 Å². The highest BCUT2D eigenvalue weighted by molar-refractivity contribution is 7.99. The summed E-state index contributed by atoms with van der Waals surface area (Å²) >= 11 is 1.82. The minimum absolute atomic E-state index is 0.471. The second-order valence-electron chi connectivity index (χ2n) is 5.81. The molecule has 0 aliphatic rings. The van der Waals surface area contributed by atoms with E-state index in [9.17, 15) is 0 Å². The number of hydrogen-bond donors (Lipinski definition) is 2. The Morgan fingerprint density at radius 2 is 2.00 bits per heavy atom. The third-order valence-corrected chi connectivity index (χ3v) is 4.85. The maximum Gasteiger partial charge on any atom is 0.191 e. The van der Waals surface area contributed by atoms with E-state index in [4.69, 9.17) is 4.42 Å². The highest BCUT2D eigenvalue weighted by atomic mass is 32.2. The molecule has 2 aromatic heterocycles. The van der Waals surface area contributed by atoms with Crippen molar-refractivity contribution in [1.29, 1.82) is 0 Å². The van der Waals surface area contributed by atoms with Gasteiger partial charge in [-0.2, -0.15) is 5.10 Å². The number of furan rings is 1. The van der Waals surface area contributed by atoms with Gasteiger partial charge in [0.2, 0.25) is 0 Å². The van der Waals surface area contributed by atoms with E-state index in [1.807, 2.05) is 37.0 Å². The first-order valence-electron chi connectivity index (χ1n) is 8.86. The van der Waals surface area contributed by atoms with E-state index in [-0.39, 0.29) is 0 Å². The zero-order chi connectivity index (χ0) is 18.7. The smallest absolute Gasteiger partial charge is 0.191 e. The van der Waals surface area contributed by atoms with Crippen molar-refractivity contribution in [2.24, 2.45) is 12.0 Å². The van der Waals surface area contributed by atoms with Gasteiger partial charge in [0, 0.05) is 37.2 Å². The zero-order valence-electron chi connectivity index (χ0n) is 15.3. The molecule has 0 saturated heterocycles. The summed E-state index contributed by atoms with van der Waals surface area (Å²) < 4.78 is 7.10. The molecule has 2 heterocycles. The van der Waals surface area contributed by atoms with Crippen LogP contribution in [0.1, 0.15) is 11.6 Å². The molecule has 1 aromatic carbocycles. The van der Waals surface area contributed by atoms with Crippen LogP contribution in [0.4, 0.5) is 0 Å². The highest BCUT2D eigenvalue weighted by Crippen LogP contribution is 2.15. The molecule has 0 atom stereocenters. The second-order valence-corrected chi connectivity index (χ2v) is 6.98. The number of rotatable bonds is 9. The number of aliphatic imine (C=N–C) groups is 1. The lowest BCUT2D eigenvalue weighted by Gasteiger charge is -2.12. The summed E-state index contributed by atoms with van der Waals surface area (Å²) in [7, 11) is 1.87. The molecule has 142 valence electrons. The minimum atomic E-state index is 0.471. The van der Waals surface area contributed by atoms with Gasteiger partial charge in [-0.15, -0.1) is 11.8 Å². The van der Waals surface area contributed by atoms with Crippen molar-refractivity contribution in [3.05, 3.63) is 66.6 Å². The van der Waals surface area contributed by atoms with E-state index in [0.29, 0.717) is 6.54 Å². The molecule has 0 bridgehead atoms. The van der Waals surface area contributed by atoms with Gasteiger partial charge in [0.25, 0.3) is 0 Å². The Kier molecular flexibility index (Phi) is 7.34. The van der Waals surface area contributed by atoms with Gasteiger partial charge in [-0.05, 0) is 24.3 Å². The summed E-state index contributed by atoms with van der Waals surface area (Å²) in [6.07, 6.45) is 4.03. The van der Waals surface area contributed by atoms with Crippen molar-refractivity contribution in [3.8, 4) is 0 Å². The standard InChI is InChI=1S/C19H24N6OS/c1-25-18(23-15-24-25)14-22-19(20-10-9-16-6-5-12-26-16)21-11-13-27-17-7-3-2-4-8-17/h2-8,12,15H,9-11,13-14H2,1H3,(H2,20,21,22). The maximum absolute atomic E-state index is 5.37. The van der Waals surface area contributed by atoms with E-state index in [1.165, 1.54) is 4.90 Å². The van der Waals surface area contributed by atoms with Crippen LogP contribution < -0.4 is 10.6 Å². The maximum atomic E-state index is 5.37. The Labute approximate surface area is 163 Å². The summed E-state index contributed by atoms with van der Waals surface area (Å²) in [5, 5.41) is 10.8. The van der Waals surface area contributed by atoms with Crippen LogP contribution in [0.15, 0.2) is 69.4 Å². The summed E-state index contributed by atoms with van der Waals surface area (Å²) in [5.41, 5.74) is 0. The number of aromatic nitrogens is 3. The van der Waals surface area contributed by atoms with Crippen molar-refractivity contribution in [1.82, 2.24) is 25.4 Å². The van der Waals surface area contributed by atoms with Gasteiger partial charge < -0.3 is 15.1 Å². The van der Waals surface area contributed by atoms with Gasteiger partial charge in [0.1, 0.15) is 24.5 Å². The van der Waals surface area contributed by atoms with Gasteiger partial charge >= 0.3 is 0 Å². The van der Waals surface area contributed by atoms with Crippen molar-refractivity contribution >= 4 is 17.7 Å². The summed E-state index contributed by atoms with van der Waals surface area (Å²) in [6.45, 7) is 2.02. The van der Waals surface area contributed by atoms with Crippen LogP contribution in [0.5, 0.6) is 0 Å². The highest BCUT2D eigenvalue weighted by Gasteiger charge is 2.03. The lowest BCUT2D eigenvalue weighted by Crippen LogP contribution is -2.39. The number of thioether (sulfide) groups is 1. The fraction of sp³-hybridized carbons (Fsp3) is 0.316. The van der Waals surface area contributed by atoms with Gasteiger partial charge in [-0.3, -0.25) is 4.68 Å². The van der Waals surface area contributed by atoms with Crippen LogP contribution in [-0.4, -0.2) is 39.6 Å². The van der Waals surface area contributed by atoms with Crippen molar-refractivity contribution in [2.45, 2.75) is 17.9 Å². The fourth-order valence-corrected chi connectivity index (χ4v) is 3.19. The second kappa shape index (κ2) is 10.4.